The molecule has 100 valence electrons. The third kappa shape index (κ3) is 4.00. The zero-order valence-electron chi connectivity index (χ0n) is 10.6. The van der Waals surface area contributed by atoms with E-state index in [1.165, 1.54) is 24.3 Å². The largest absolute Gasteiger partial charge is 0.491 e. The summed E-state index contributed by atoms with van der Waals surface area (Å²) in [5.74, 6) is -0.882. The highest BCUT2D eigenvalue weighted by molar-refractivity contribution is 5.78. The van der Waals surface area contributed by atoms with Crippen LogP contribution in [-0.2, 0) is 4.79 Å². The molecule has 0 aromatic heterocycles. The summed E-state index contributed by atoms with van der Waals surface area (Å²) < 4.78 is 18.1. The first kappa shape index (κ1) is 14.4. The van der Waals surface area contributed by atoms with E-state index in [2.05, 4.69) is 5.32 Å². The Morgan fingerprint density at radius 1 is 1.44 bits per heavy atom. The van der Waals surface area contributed by atoms with E-state index in [1.807, 2.05) is 6.92 Å². The van der Waals surface area contributed by atoms with Crippen LogP contribution in [0.2, 0.25) is 0 Å². The van der Waals surface area contributed by atoms with Crippen LogP contribution in [-0.4, -0.2) is 29.8 Å². The van der Waals surface area contributed by atoms with Crippen LogP contribution in [0.5, 0.6) is 5.75 Å². The van der Waals surface area contributed by atoms with Gasteiger partial charge in [-0.15, -0.1) is 0 Å². The molecule has 0 spiro atoms. The van der Waals surface area contributed by atoms with Crippen molar-refractivity contribution in [3.8, 4) is 5.75 Å². The van der Waals surface area contributed by atoms with Gasteiger partial charge in [0.05, 0.1) is 0 Å². The molecule has 2 N–H and O–H groups in total. The second kappa shape index (κ2) is 6.35. The Kier molecular flexibility index (Phi) is 5.09. The number of ether oxygens (including phenoxy) is 1. The van der Waals surface area contributed by atoms with Crippen molar-refractivity contribution in [2.24, 2.45) is 0 Å². The molecule has 1 aromatic rings. The summed E-state index contributed by atoms with van der Waals surface area (Å²) in [6, 6.07) is 5.48. The Hall–Kier alpha value is -1.62. The van der Waals surface area contributed by atoms with E-state index in [4.69, 9.17) is 4.74 Å². The van der Waals surface area contributed by atoms with Crippen molar-refractivity contribution < 1.29 is 19.0 Å². The van der Waals surface area contributed by atoms with Gasteiger partial charge in [-0.25, -0.2) is 4.39 Å². The molecule has 0 aliphatic rings. The summed E-state index contributed by atoms with van der Waals surface area (Å²) in [4.78, 5) is 11.2. The number of carboxylic acid groups (broad SMARTS) is 1. The quantitative estimate of drug-likeness (QED) is 0.783. The minimum atomic E-state index is -1.15. The van der Waals surface area contributed by atoms with Crippen molar-refractivity contribution in [1.82, 2.24) is 5.32 Å². The molecule has 1 aromatic carbocycles. The van der Waals surface area contributed by atoms with Crippen molar-refractivity contribution >= 4 is 5.97 Å². The van der Waals surface area contributed by atoms with Crippen molar-refractivity contribution in [2.75, 3.05) is 13.2 Å². The SMILES string of the molecule is CCCNC(C)(COc1ccc(F)cc1)C(=O)O. The number of hydrogen-bond acceptors (Lipinski definition) is 3. The minimum absolute atomic E-state index is 0.0199. The Balaban J connectivity index is 2.62. The number of halogens is 1. The molecule has 5 heteroatoms. The van der Waals surface area contributed by atoms with Crippen LogP contribution < -0.4 is 10.1 Å². The Morgan fingerprint density at radius 2 is 2.06 bits per heavy atom. The van der Waals surface area contributed by atoms with E-state index >= 15 is 0 Å². The van der Waals surface area contributed by atoms with E-state index in [0.717, 1.165) is 6.42 Å². The summed E-state index contributed by atoms with van der Waals surface area (Å²) in [6.07, 6.45) is 0.833. The van der Waals surface area contributed by atoms with E-state index < -0.39 is 11.5 Å². The molecule has 0 bridgehead atoms. The number of hydrogen-bond donors (Lipinski definition) is 2. The van der Waals surface area contributed by atoms with Crippen LogP contribution in [0, 0.1) is 5.82 Å². The van der Waals surface area contributed by atoms with Gasteiger partial charge in [-0.1, -0.05) is 6.92 Å². The molecule has 4 nitrogen and oxygen atoms in total. The smallest absolute Gasteiger partial charge is 0.327 e. The third-order valence-corrected chi connectivity index (χ3v) is 2.58. The van der Waals surface area contributed by atoms with Gasteiger partial charge < -0.3 is 9.84 Å². The van der Waals surface area contributed by atoms with Crippen LogP contribution in [0.15, 0.2) is 24.3 Å². The first-order chi connectivity index (χ1) is 8.48. The standard InChI is InChI=1S/C13H18FNO3/c1-3-8-15-13(2,12(16)17)9-18-11-6-4-10(14)5-7-11/h4-7,15H,3,8-9H2,1-2H3,(H,16,17). The molecule has 0 saturated heterocycles. The highest BCUT2D eigenvalue weighted by Crippen LogP contribution is 2.14. The summed E-state index contributed by atoms with van der Waals surface area (Å²) in [7, 11) is 0. The third-order valence-electron chi connectivity index (χ3n) is 2.58. The van der Waals surface area contributed by atoms with Crippen LogP contribution in [0.4, 0.5) is 4.39 Å². The van der Waals surface area contributed by atoms with Crippen molar-refractivity contribution in [3.05, 3.63) is 30.1 Å². The normalized spacial score (nSPS) is 13.9. The van der Waals surface area contributed by atoms with Gasteiger partial charge in [0.15, 0.2) is 0 Å². The van der Waals surface area contributed by atoms with Gasteiger partial charge in [0.1, 0.15) is 23.7 Å². The maximum Gasteiger partial charge on any atom is 0.327 e. The highest BCUT2D eigenvalue weighted by Gasteiger charge is 2.33. The van der Waals surface area contributed by atoms with Gasteiger partial charge in [-0.3, -0.25) is 10.1 Å². The Bertz CT molecular complexity index is 394. The predicted molar refractivity (Wildman–Crippen MR) is 66.2 cm³/mol. The first-order valence-electron chi connectivity index (χ1n) is 5.85. The molecular weight excluding hydrogens is 237 g/mol. The number of nitrogens with one attached hydrogen (secondary N) is 1. The average molecular weight is 255 g/mol. The molecule has 0 fully saturated rings. The number of benzene rings is 1. The second-order valence-corrected chi connectivity index (χ2v) is 4.31. The summed E-state index contributed by atoms with van der Waals surface area (Å²) in [6.45, 7) is 4.09. The number of rotatable bonds is 7. The van der Waals surface area contributed by atoms with Gasteiger partial charge in [0.2, 0.25) is 0 Å². The minimum Gasteiger partial charge on any atom is -0.491 e. The molecular formula is C13H18FNO3. The molecule has 0 aliphatic heterocycles. The lowest BCUT2D eigenvalue weighted by atomic mass is 10.0. The van der Waals surface area contributed by atoms with E-state index in [-0.39, 0.29) is 12.4 Å². The molecule has 0 aliphatic carbocycles. The monoisotopic (exact) mass is 255 g/mol. The van der Waals surface area contributed by atoms with Gasteiger partial charge in [0, 0.05) is 0 Å². The zero-order valence-corrected chi connectivity index (χ0v) is 10.6. The lowest BCUT2D eigenvalue weighted by Gasteiger charge is -2.26. The van der Waals surface area contributed by atoms with Crippen molar-refractivity contribution in [3.63, 3.8) is 0 Å². The number of carboxylic acids is 1. The van der Waals surface area contributed by atoms with E-state index in [9.17, 15) is 14.3 Å². The molecule has 1 unspecified atom stereocenters. The fraction of sp³-hybridized carbons (Fsp3) is 0.462. The van der Waals surface area contributed by atoms with Gasteiger partial charge >= 0.3 is 5.97 Å². The van der Waals surface area contributed by atoms with E-state index in [0.29, 0.717) is 12.3 Å². The van der Waals surface area contributed by atoms with Crippen molar-refractivity contribution in [2.45, 2.75) is 25.8 Å². The predicted octanol–water partition coefficient (Wildman–Crippen LogP) is 2.05. The number of carbonyl (C=O) groups is 1. The molecule has 0 amide bonds. The molecule has 18 heavy (non-hydrogen) atoms. The molecule has 0 radical (unpaired) electrons. The number of aliphatic carboxylic acids is 1. The van der Waals surface area contributed by atoms with Gasteiger partial charge in [-0.2, -0.15) is 0 Å². The topological polar surface area (TPSA) is 58.6 Å². The zero-order chi connectivity index (χ0) is 13.6. The van der Waals surface area contributed by atoms with Gasteiger partial charge in [0.25, 0.3) is 0 Å². The van der Waals surface area contributed by atoms with Crippen LogP contribution in [0.1, 0.15) is 20.3 Å². The second-order valence-electron chi connectivity index (χ2n) is 4.31. The molecule has 0 heterocycles. The van der Waals surface area contributed by atoms with E-state index in [1.54, 1.807) is 6.92 Å². The summed E-state index contributed by atoms with van der Waals surface area (Å²) in [5.41, 5.74) is -1.15. The molecule has 0 saturated carbocycles. The van der Waals surface area contributed by atoms with Gasteiger partial charge in [-0.05, 0) is 44.2 Å². The first-order valence-corrected chi connectivity index (χ1v) is 5.85. The highest BCUT2D eigenvalue weighted by atomic mass is 19.1. The molecule has 1 atom stereocenters. The fourth-order valence-corrected chi connectivity index (χ4v) is 1.35. The van der Waals surface area contributed by atoms with Crippen LogP contribution in [0.25, 0.3) is 0 Å². The Morgan fingerprint density at radius 3 is 2.56 bits per heavy atom. The lowest BCUT2D eigenvalue weighted by Crippen LogP contribution is -2.54. The van der Waals surface area contributed by atoms with Crippen molar-refractivity contribution in [1.29, 1.82) is 0 Å². The van der Waals surface area contributed by atoms with Crippen LogP contribution >= 0.6 is 0 Å². The lowest BCUT2D eigenvalue weighted by molar-refractivity contribution is -0.145. The summed E-state index contributed by atoms with van der Waals surface area (Å²) >= 11 is 0. The average Bonchev–Trinajstić information content (AvgIpc) is 2.35. The summed E-state index contributed by atoms with van der Waals surface area (Å²) in [5, 5.41) is 12.1. The fourth-order valence-electron chi connectivity index (χ4n) is 1.35. The maximum atomic E-state index is 12.7. The van der Waals surface area contributed by atoms with Crippen LogP contribution in [0.3, 0.4) is 0 Å². The molecule has 1 rings (SSSR count). The maximum absolute atomic E-state index is 12.7. The Labute approximate surface area is 106 Å².